The molecule has 1 amide bonds. The van der Waals surface area contributed by atoms with Gasteiger partial charge in [0.25, 0.3) is 5.91 Å². The Kier molecular flexibility index (Phi) is 5.81. The van der Waals surface area contributed by atoms with Gasteiger partial charge >= 0.3 is 5.97 Å². The van der Waals surface area contributed by atoms with E-state index >= 15 is 0 Å². The molecule has 114 valence electrons. The van der Waals surface area contributed by atoms with Gasteiger partial charge < -0.3 is 10.1 Å². The number of nitrogens with one attached hydrogen (secondary N) is 1. The molecule has 0 saturated heterocycles. The summed E-state index contributed by atoms with van der Waals surface area (Å²) in [4.78, 5) is 23.5. The van der Waals surface area contributed by atoms with Crippen molar-refractivity contribution in [3.63, 3.8) is 0 Å². The van der Waals surface area contributed by atoms with Crippen molar-refractivity contribution in [2.24, 2.45) is 0 Å². The van der Waals surface area contributed by atoms with Crippen molar-refractivity contribution in [3.05, 3.63) is 69.7 Å². The van der Waals surface area contributed by atoms with Crippen LogP contribution in [0, 0.1) is 0 Å². The van der Waals surface area contributed by atoms with E-state index in [1.54, 1.807) is 6.07 Å². The number of esters is 1. The molecule has 0 aliphatic rings. The topological polar surface area (TPSA) is 55.4 Å². The fraction of sp³-hybridized carbons (Fsp3) is 0.125. The largest absolute Gasteiger partial charge is 0.460 e. The van der Waals surface area contributed by atoms with E-state index in [-0.39, 0.29) is 23.7 Å². The summed E-state index contributed by atoms with van der Waals surface area (Å²) in [6.07, 6.45) is 0. The highest BCUT2D eigenvalue weighted by molar-refractivity contribution is 6.35. The van der Waals surface area contributed by atoms with E-state index in [1.165, 1.54) is 12.1 Å². The summed E-state index contributed by atoms with van der Waals surface area (Å²) in [5, 5.41) is 3.10. The van der Waals surface area contributed by atoms with Gasteiger partial charge in [-0.25, -0.2) is 0 Å². The first kappa shape index (κ1) is 16.3. The molecular formula is C16H13Cl2NO3. The lowest BCUT2D eigenvalue weighted by atomic mass is 10.2. The van der Waals surface area contributed by atoms with E-state index in [0.29, 0.717) is 5.02 Å². The number of ether oxygens (including phenoxy) is 1. The molecule has 22 heavy (non-hydrogen) atoms. The quantitative estimate of drug-likeness (QED) is 0.850. The molecule has 6 heteroatoms. The number of halogens is 2. The summed E-state index contributed by atoms with van der Waals surface area (Å²) in [5.41, 5.74) is 1.09. The van der Waals surface area contributed by atoms with Crippen LogP contribution in [0.1, 0.15) is 15.9 Å². The second-order valence-electron chi connectivity index (χ2n) is 4.45. The molecule has 0 aromatic heterocycles. The number of amides is 1. The molecule has 0 aliphatic carbocycles. The van der Waals surface area contributed by atoms with Crippen LogP contribution in [-0.2, 0) is 16.1 Å². The molecule has 0 radical (unpaired) electrons. The Morgan fingerprint density at radius 1 is 1.05 bits per heavy atom. The van der Waals surface area contributed by atoms with E-state index in [2.05, 4.69) is 5.32 Å². The van der Waals surface area contributed by atoms with Crippen LogP contribution in [0.25, 0.3) is 0 Å². The molecule has 4 nitrogen and oxygen atoms in total. The molecular weight excluding hydrogens is 325 g/mol. The Labute approximate surface area is 138 Å². The molecule has 2 aromatic carbocycles. The lowest BCUT2D eigenvalue weighted by Crippen LogP contribution is -2.30. The van der Waals surface area contributed by atoms with Gasteiger partial charge in [0.1, 0.15) is 13.2 Å². The van der Waals surface area contributed by atoms with Crippen LogP contribution in [0.4, 0.5) is 0 Å². The Bertz CT molecular complexity index is 674. The second kappa shape index (κ2) is 7.82. The zero-order valence-electron chi connectivity index (χ0n) is 11.5. The van der Waals surface area contributed by atoms with Gasteiger partial charge in [0.05, 0.1) is 10.6 Å². The van der Waals surface area contributed by atoms with Crippen LogP contribution >= 0.6 is 23.2 Å². The molecule has 0 spiro atoms. The average molecular weight is 338 g/mol. The van der Waals surface area contributed by atoms with Gasteiger partial charge in [0, 0.05) is 5.02 Å². The third kappa shape index (κ3) is 4.76. The maximum Gasteiger partial charge on any atom is 0.325 e. The number of benzene rings is 2. The second-order valence-corrected chi connectivity index (χ2v) is 5.30. The van der Waals surface area contributed by atoms with E-state index in [0.717, 1.165) is 5.56 Å². The molecule has 0 atom stereocenters. The summed E-state index contributed by atoms with van der Waals surface area (Å²) < 4.78 is 5.06. The van der Waals surface area contributed by atoms with Gasteiger partial charge in [0.2, 0.25) is 0 Å². The fourth-order valence-electron chi connectivity index (χ4n) is 1.71. The van der Waals surface area contributed by atoms with Crippen molar-refractivity contribution >= 4 is 35.1 Å². The molecule has 0 fully saturated rings. The SMILES string of the molecule is O=C(CNC(=O)c1cc(Cl)ccc1Cl)OCc1ccccc1. The van der Waals surface area contributed by atoms with Gasteiger partial charge in [-0.2, -0.15) is 0 Å². The van der Waals surface area contributed by atoms with E-state index in [4.69, 9.17) is 27.9 Å². The first-order valence-corrected chi connectivity index (χ1v) is 7.24. The minimum absolute atomic E-state index is 0.160. The monoisotopic (exact) mass is 337 g/mol. The average Bonchev–Trinajstić information content (AvgIpc) is 2.54. The summed E-state index contributed by atoms with van der Waals surface area (Å²) in [6, 6.07) is 13.8. The normalized spacial score (nSPS) is 10.1. The molecule has 1 N–H and O–H groups in total. The first-order chi connectivity index (χ1) is 10.6. The minimum atomic E-state index is -0.532. The van der Waals surface area contributed by atoms with Gasteiger partial charge in [-0.15, -0.1) is 0 Å². The Balaban J connectivity index is 1.83. The highest BCUT2D eigenvalue weighted by Gasteiger charge is 2.12. The van der Waals surface area contributed by atoms with Crippen LogP contribution in [0.15, 0.2) is 48.5 Å². The number of hydrogen-bond acceptors (Lipinski definition) is 3. The zero-order chi connectivity index (χ0) is 15.9. The molecule has 0 unspecified atom stereocenters. The van der Waals surface area contributed by atoms with E-state index in [9.17, 15) is 9.59 Å². The molecule has 0 saturated carbocycles. The van der Waals surface area contributed by atoms with Crippen molar-refractivity contribution < 1.29 is 14.3 Å². The van der Waals surface area contributed by atoms with Crippen molar-refractivity contribution in [2.75, 3.05) is 6.54 Å². The van der Waals surface area contributed by atoms with E-state index < -0.39 is 11.9 Å². The predicted octanol–water partition coefficient (Wildman–Crippen LogP) is 3.47. The zero-order valence-corrected chi connectivity index (χ0v) is 13.0. The van der Waals surface area contributed by atoms with Gasteiger partial charge in [0.15, 0.2) is 0 Å². The van der Waals surface area contributed by atoms with E-state index in [1.807, 2.05) is 30.3 Å². The number of carbonyl (C=O) groups is 2. The third-order valence-corrected chi connectivity index (χ3v) is 3.37. The molecule has 2 rings (SSSR count). The van der Waals surface area contributed by atoms with Gasteiger partial charge in [-0.05, 0) is 23.8 Å². The van der Waals surface area contributed by atoms with Crippen molar-refractivity contribution in [2.45, 2.75) is 6.61 Å². The van der Waals surface area contributed by atoms with Crippen LogP contribution in [0.3, 0.4) is 0 Å². The lowest BCUT2D eigenvalue weighted by Gasteiger charge is -2.08. The smallest absolute Gasteiger partial charge is 0.325 e. The van der Waals surface area contributed by atoms with Gasteiger partial charge in [-0.3, -0.25) is 9.59 Å². The molecule has 0 bridgehead atoms. The predicted molar refractivity (Wildman–Crippen MR) is 85.0 cm³/mol. The number of rotatable bonds is 5. The molecule has 2 aromatic rings. The first-order valence-electron chi connectivity index (χ1n) is 6.49. The molecule has 0 heterocycles. The highest BCUT2D eigenvalue weighted by atomic mass is 35.5. The lowest BCUT2D eigenvalue weighted by molar-refractivity contribution is -0.143. The Morgan fingerprint density at radius 3 is 2.50 bits per heavy atom. The minimum Gasteiger partial charge on any atom is -0.460 e. The summed E-state index contributed by atoms with van der Waals surface area (Å²) in [7, 11) is 0. The standard InChI is InChI=1S/C16H13Cl2NO3/c17-12-6-7-14(18)13(8-12)16(21)19-9-15(20)22-10-11-4-2-1-3-5-11/h1-8H,9-10H2,(H,19,21). The maximum absolute atomic E-state index is 11.9. The van der Waals surface area contributed by atoms with Crippen molar-refractivity contribution in [3.8, 4) is 0 Å². The fourth-order valence-corrected chi connectivity index (χ4v) is 2.08. The van der Waals surface area contributed by atoms with Crippen molar-refractivity contribution in [1.29, 1.82) is 0 Å². The van der Waals surface area contributed by atoms with Crippen LogP contribution in [0.2, 0.25) is 10.0 Å². The Morgan fingerprint density at radius 2 is 1.77 bits per heavy atom. The van der Waals surface area contributed by atoms with Crippen LogP contribution < -0.4 is 5.32 Å². The summed E-state index contributed by atoms with van der Waals surface area (Å²) in [5.74, 6) is -1.01. The molecule has 0 aliphatic heterocycles. The number of carbonyl (C=O) groups excluding carboxylic acids is 2. The number of hydrogen-bond donors (Lipinski definition) is 1. The van der Waals surface area contributed by atoms with Crippen LogP contribution in [-0.4, -0.2) is 18.4 Å². The van der Waals surface area contributed by atoms with Gasteiger partial charge in [-0.1, -0.05) is 53.5 Å². The third-order valence-electron chi connectivity index (χ3n) is 2.81. The highest BCUT2D eigenvalue weighted by Crippen LogP contribution is 2.20. The summed E-state index contributed by atoms with van der Waals surface area (Å²) >= 11 is 11.7. The van der Waals surface area contributed by atoms with Crippen molar-refractivity contribution in [1.82, 2.24) is 5.32 Å². The summed E-state index contributed by atoms with van der Waals surface area (Å²) in [6.45, 7) is -0.0814. The maximum atomic E-state index is 11.9. The Hall–Kier alpha value is -2.04. The van der Waals surface area contributed by atoms with Crippen LogP contribution in [0.5, 0.6) is 0 Å².